The van der Waals surface area contributed by atoms with Gasteiger partial charge in [0.25, 0.3) is 17.6 Å². The average Bonchev–Trinajstić information content (AvgIpc) is 3.48. The van der Waals surface area contributed by atoms with E-state index in [1.807, 2.05) is 13.8 Å². The van der Waals surface area contributed by atoms with Crippen molar-refractivity contribution in [2.24, 2.45) is 23.7 Å². The molecule has 0 spiro atoms. The van der Waals surface area contributed by atoms with Gasteiger partial charge in [-0.2, -0.15) is 0 Å². The lowest BCUT2D eigenvalue weighted by Crippen LogP contribution is -2.46. The van der Waals surface area contributed by atoms with E-state index in [-0.39, 0.29) is 50.6 Å². The molecule has 2 amide bonds. The van der Waals surface area contributed by atoms with Gasteiger partial charge in [0.15, 0.2) is 12.4 Å². The summed E-state index contributed by atoms with van der Waals surface area (Å²) < 4.78 is 29.8. The van der Waals surface area contributed by atoms with Crippen molar-refractivity contribution in [3.8, 4) is 23.0 Å². The number of amides is 2. The Hall–Kier alpha value is -5.12. The van der Waals surface area contributed by atoms with Crippen molar-refractivity contribution in [1.29, 1.82) is 0 Å². The molecular weight excluding hydrogens is 776 g/mol. The summed E-state index contributed by atoms with van der Waals surface area (Å²) in [5.74, 6) is -7.96. The van der Waals surface area contributed by atoms with Crippen LogP contribution in [0.4, 0.5) is 5.69 Å². The predicted octanol–water partition coefficient (Wildman–Crippen LogP) is 6.08. The van der Waals surface area contributed by atoms with Crippen LogP contribution in [0.1, 0.15) is 91.1 Å². The smallest absolute Gasteiger partial charge is 0.312 e. The van der Waals surface area contributed by atoms with Gasteiger partial charge < -0.3 is 54.3 Å². The number of ketones is 1. The lowest BCUT2D eigenvalue weighted by atomic mass is 9.78. The van der Waals surface area contributed by atoms with Crippen molar-refractivity contribution in [1.82, 2.24) is 4.90 Å². The molecule has 3 aliphatic rings. The van der Waals surface area contributed by atoms with Gasteiger partial charge in [-0.3, -0.25) is 19.2 Å². The highest BCUT2D eigenvalue weighted by Gasteiger charge is 2.49. The molecule has 0 radical (unpaired) electrons. The molecule has 2 aromatic carbocycles. The van der Waals surface area contributed by atoms with E-state index in [4.69, 9.17) is 23.7 Å². The van der Waals surface area contributed by atoms with E-state index in [2.05, 4.69) is 5.32 Å². The number of unbranched alkanes of at least 4 members (excludes halogenated alkanes) is 1. The molecule has 5 bridgehead atoms. The SMILES string of the molecule is CCCCN(CC)C(=O)COc1cc2c(O)c3c(O)c(C)c4c(c13)C(=O)[C@@](C)(O/C=C/[C@H](OC)[C@@H](C)[C@@H](OC(C)=O)[C@H](C)[C@H](O)[C@H](C)[C@@H](O)[C@@H](C)/C=C/C=C(/C)C(=O)N2)O4. The normalized spacial score (nSPS) is 29.5. The highest BCUT2D eigenvalue weighted by atomic mass is 16.7. The number of Topliss-reactive ketones (excluding diaryl/α,β-unsaturated/α-hetero) is 1. The van der Waals surface area contributed by atoms with Crippen LogP contribution in [-0.4, -0.2) is 106 Å². The van der Waals surface area contributed by atoms with Crippen LogP contribution in [0.3, 0.4) is 0 Å². The number of ether oxygens (including phenoxy) is 5. The first-order valence-corrected chi connectivity index (χ1v) is 20.5. The molecule has 5 N–H and O–H groups in total. The maximum Gasteiger partial charge on any atom is 0.312 e. The molecule has 2 aromatic rings. The van der Waals surface area contributed by atoms with Gasteiger partial charge >= 0.3 is 11.8 Å². The van der Waals surface area contributed by atoms with E-state index in [0.717, 1.165) is 12.8 Å². The monoisotopic (exact) mass is 838 g/mol. The van der Waals surface area contributed by atoms with Crippen LogP contribution in [0.15, 0.2) is 42.2 Å². The number of carbonyl (C=O) groups is 4. The number of nitrogens with one attached hydrogen (secondary N) is 1. The van der Waals surface area contributed by atoms with Gasteiger partial charge in [0, 0.05) is 80.3 Å². The summed E-state index contributed by atoms with van der Waals surface area (Å²) in [6.45, 7) is 16.9. The van der Waals surface area contributed by atoms with E-state index < -0.39 is 89.6 Å². The number of benzene rings is 2. The van der Waals surface area contributed by atoms with Crippen molar-refractivity contribution in [3.63, 3.8) is 0 Å². The number of hydrogen-bond acceptors (Lipinski definition) is 13. The largest absolute Gasteiger partial charge is 0.507 e. The van der Waals surface area contributed by atoms with Crippen molar-refractivity contribution in [2.75, 3.05) is 32.1 Å². The lowest BCUT2D eigenvalue weighted by Gasteiger charge is -2.38. The Balaban J connectivity index is 1.93. The van der Waals surface area contributed by atoms with E-state index in [9.17, 15) is 39.6 Å². The Morgan fingerprint density at radius 3 is 2.27 bits per heavy atom. The summed E-state index contributed by atoms with van der Waals surface area (Å²) >= 11 is 0. The maximum atomic E-state index is 14.5. The molecule has 60 heavy (non-hydrogen) atoms. The molecule has 15 nitrogen and oxygen atoms in total. The number of likely N-dealkylation sites (N-methyl/N-ethyl adjacent to an activating group) is 1. The number of rotatable bonds is 9. The molecule has 0 saturated carbocycles. The van der Waals surface area contributed by atoms with Crippen molar-refractivity contribution >= 4 is 40.0 Å². The first-order chi connectivity index (χ1) is 28.2. The molecule has 3 aliphatic heterocycles. The number of carbonyl (C=O) groups excluding carboxylic acids is 4. The third kappa shape index (κ3) is 9.90. The Kier molecular flexibility index (Phi) is 15.8. The number of fused-ring (bicyclic) bond motifs is 14. The summed E-state index contributed by atoms with van der Waals surface area (Å²) in [7, 11) is 1.44. The highest BCUT2D eigenvalue weighted by molar-refractivity contribution is 6.21. The minimum atomic E-state index is -2.02. The van der Waals surface area contributed by atoms with Crippen LogP contribution < -0.4 is 14.8 Å². The Bertz CT molecular complexity index is 2030. The Morgan fingerprint density at radius 1 is 0.967 bits per heavy atom. The second kappa shape index (κ2) is 20.0. The maximum absolute atomic E-state index is 14.5. The van der Waals surface area contributed by atoms with Gasteiger partial charge in [0.05, 0.1) is 41.2 Å². The number of hydrogen-bond donors (Lipinski definition) is 5. The van der Waals surface area contributed by atoms with Crippen LogP contribution in [0.25, 0.3) is 10.8 Å². The Morgan fingerprint density at radius 2 is 1.65 bits per heavy atom. The Labute approximate surface area is 352 Å². The minimum Gasteiger partial charge on any atom is -0.507 e. The fraction of sp³-hybridized carbons (Fsp3) is 0.556. The lowest BCUT2D eigenvalue weighted by molar-refractivity contribution is -0.160. The zero-order valence-electron chi connectivity index (χ0n) is 36.5. The van der Waals surface area contributed by atoms with Gasteiger partial charge in [-0.1, -0.05) is 59.3 Å². The number of aliphatic hydroxyl groups excluding tert-OH is 2. The van der Waals surface area contributed by atoms with Gasteiger partial charge in [-0.15, -0.1) is 0 Å². The van der Waals surface area contributed by atoms with Gasteiger partial charge in [-0.25, -0.2) is 0 Å². The van der Waals surface area contributed by atoms with Crippen LogP contribution in [0.5, 0.6) is 23.0 Å². The third-order valence-corrected chi connectivity index (χ3v) is 11.7. The van der Waals surface area contributed by atoms with Crippen LogP contribution in [0, 0.1) is 30.6 Å². The topological polar surface area (TPSA) is 211 Å². The molecule has 9 atom stereocenters. The zero-order valence-corrected chi connectivity index (χ0v) is 36.5. The van der Waals surface area contributed by atoms with Crippen LogP contribution in [-0.2, 0) is 28.6 Å². The number of aliphatic hydroxyl groups is 2. The average molecular weight is 839 g/mol. The fourth-order valence-electron chi connectivity index (χ4n) is 7.79. The quantitative estimate of drug-likeness (QED) is 0.144. The molecule has 5 rings (SSSR count). The number of esters is 1. The van der Waals surface area contributed by atoms with Crippen molar-refractivity contribution in [3.05, 3.63) is 53.3 Å². The zero-order chi connectivity index (χ0) is 44.8. The molecule has 0 unspecified atom stereocenters. The molecule has 0 saturated heterocycles. The van der Waals surface area contributed by atoms with Gasteiger partial charge in [-0.05, 0) is 33.3 Å². The summed E-state index contributed by atoms with van der Waals surface area (Å²) in [6.07, 6.45) is 5.26. The number of allylic oxidation sites excluding steroid dienone is 2. The second-order valence-corrected chi connectivity index (χ2v) is 16.0. The fourth-order valence-corrected chi connectivity index (χ4v) is 7.79. The number of phenols is 2. The summed E-state index contributed by atoms with van der Waals surface area (Å²) in [5, 5.41) is 48.6. The number of methoxy groups -OCH3 is 1. The molecule has 0 fully saturated rings. The van der Waals surface area contributed by atoms with Crippen molar-refractivity contribution in [2.45, 2.75) is 112 Å². The number of anilines is 1. The summed E-state index contributed by atoms with van der Waals surface area (Å²) in [4.78, 5) is 55.4. The third-order valence-electron chi connectivity index (χ3n) is 11.7. The molecule has 0 aromatic heterocycles. The molecule has 3 heterocycles. The van der Waals surface area contributed by atoms with Gasteiger partial charge in [0.2, 0.25) is 0 Å². The molecule has 330 valence electrons. The molecular formula is C45H62N2O13. The number of nitrogens with zero attached hydrogens (tertiary/aromatic N) is 1. The first-order valence-electron chi connectivity index (χ1n) is 20.5. The van der Waals surface area contributed by atoms with E-state index >= 15 is 0 Å². The van der Waals surface area contributed by atoms with Crippen LogP contribution >= 0.6 is 0 Å². The standard InChI is InChI=1S/C45H62N2O13/c1-12-14-19-47(13-2)33(49)22-57-32-21-30-40(53)35-34(32)36-42(28(8)39(35)52)60-45(10,43(36)54)58-20-18-31(56-11)25(5)41(59-29(9)48)27(7)38(51)26(6)37(50)23(3)16-15-17-24(4)44(55)46-30/h15-18,20-21,23,25-27,31,37-38,41,50-53H,12-14,19,22H2,1-11H3,(H,46,55)/b16-15+,20-18+,24-17-/t23-,25+,26+,27+,31-,37-,38+,41+,45-/m0/s1. The van der Waals surface area contributed by atoms with E-state index in [1.54, 1.807) is 44.7 Å². The van der Waals surface area contributed by atoms with E-state index in [0.29, 0.717) is 13.1 Å². The number of aromatic hydroxyl groups is 2. The van der Waals surface area contributed by atoms with Crippen molar-refractivity contribution < 1.29 is 63.3 Å². The number of phenolic OH excluding ortho intramolecular Hbond substituents is 2. The van der Waals surface area contributed by atoms with Crippen LogP contribution in [0.2, 0.25) is 0 Å². The minimum absolute atomic E-state index is 0.0533. The predicted molar refractivity (Wildman–Crippen MR) is 225 cm³/mol. The second-order valence-electron chi connectivity index (χ2n) is 16.0. The summed E-state index contributed by atoms with van der Waals surface area (Å²) in [6, 6.07) is 1.28. The highest BCUT2D eigenvalue weighted by Crippen LogP contribution is 2.54. The molecule has 0 aliphatic carbocycles. The van der Waals surface area contributed by atoms with E-state index in [1.165, 1.54) is 59.3 Å². The first kappa shape index (κ1) is 47.6. The summed E-state index contributed by atoms with van der Waals surface area (Å²) in [5.41, 5.74) is 0.00765. The molecule has 15 heteroatoms. The van der Waals surface area contributed by atoms with Gasteiger partial charge in [0.1, 0.15) is 23.4 Å².